The molecule has 1 saturated heterocycles. The van der Waals surface area contributed by atoms with Crippen LogP contribution in [0.25, 0.3) is 0 Å². The molecule has 4 nitrogen and oxygen atoms in total. The van der Waals surface area contributed by atoms with Crippen LogP contribution >= 0.6 is 0 Å². The van der Waals surface area contributed by atoms with Gasteiger partial charge in [0.2, 0.25) is 0 Å². The lowest BCUT2D eigenvalue weighted by atomic mass is 9.74. The van der Waals surface area contributed by atoms with Crippen LogP contribution in [0.2, 0.25) is 0 Å². The number of rotatable bonds is 3. The zero-order valence-corrected chi connectivity index (χ0v) is 12.8. The maximum Gasteiger partial charge on any atom is 0.309 e. The first-order chi connectivity index (χ1) is 9.43. The number of hydrogen-bond donors (Lipinski definition) is 2. The van der Waals surface area contributed by atoms with E-state index in [9.17, 15) is 15.0 Å². The van der Waals surface area contributed by atoms with Crippen molar-refractivity contribution in [3.8, 4) is 0 Å². The smallest absolute Gasteiger partial charge is 0.309 e. The number of carboxylic acids is 1. The fraction of sp³-hybridized carbons (Fsp3) is 0.938. The molecule has 1 aliphatic heterocycles. The van der Waals surface area contributed by atoms with Gasteiger partial charge in [0.05, 0.1) is 11.5 Å². The Balaban J connectivity index is 2.04. The van der Waals surface area contributed by atoms with Crippen molar-refractivity contribution in [3.63, 3.8) is 0 Å². The van der Waals surface area contributed by atoms with Gasteiger partial charge in [-0.05, 0) is 52.0 Å². The van der Waals surface area contributed by atoms with Crippen LogP contribution in [0.15, 0.2) is 0 Å². The van der Waals surface area contributed by atoms with Gasteiger partial charge in [0.25, 0.3) is 0 Å². The Kier molecular flexibility index (Phi) is 5.08. The van der Waals surface area contributed by atoms with E-state index in [1.165, 1.54) is 12.8 Å². The SMILES string of the molecule is CC(C)(C(=O)O)C1CCCN(C2CCCCCC2O)C1. The highest BCUT2D eigenvalue weighted by molar-refractivity contribution is 5.74. The van der Waals surface area contributed by atoms with Gasteiger partial charge >= 0.3 is 5.97 Å². The van der Waals surface area contributed by atoms with Crippen LogP contribution in [0, 0.1) is 11.3 Å². The average Bonchev–Trinajstić information content (AvgIpc) is 2.63. The molecule has 0 aromatic carbocycles. The summed E-state index contributed by atoms with van der Waals surface area (Å²) in [5.74, 6) is -0.519. The molecule has 4 heteroatoms. The number of aliphatic hydroxyl groups excluding tert-OH is 1. The first-order valence-electron chi connectivity index (χ1n) is 8.08. The summed E-state index contributed by atoms with van der Waals surface area (Å²) in [6.07, 6.45) is 7.27. The number of hydrogen-bond acceptors (Lipinski definition) is 3. The Labute approximate surface area is 122 Å². The largest absolute Gasteiger partial charge is 0.481 e. The summed E-state index contributed by atoms with van der Waals surface area (Å²) in [5, 5.41) is 19.8. The fourth-order valence-electron chi connectivity index (χ4n) is 3.77. The third-order valence-corrected chi connectivity index (χ3v) is 5.44. The molecule has 3 atom stereocenters. The zero-order valence-electron chi connectivity index (χ0n) is 12.8. The summed E-state index contributed by atoms with van der Waals surface area (Å²) in [6.45, 7) is 5.51. The molecule has 0 amide bonds. The number of aliphatic carboxylic acids is 1. The zero-order chi connectivity index (χ0) is 14.8. The summed E-state index contributed by atoms with van der Waals surface area (Å²) in [4.78, 5) is 13.8. The molecule has 116 valence electrons. The van der Waals surface area contributed by atoms with Crippen LogP contribution in [0.4, 0.5) is 0 Å². The van der Waals surface area contributed by atoms with Crippen molar-refractivity contribution in [2.45, 2.75) is 70.9 Å². The van der Waals surface area contributed by atoms with Crippen LogP contribution in [0.1, 0.15) is 58.8 Å². The maximum absolute atomic E-state index is 11.5. The molecule has 0 bridgehead atoms. The molecular formula is C16H29NO3. The van der Waals surface area contributed by atoms with E-state index >= 15 is 0 Å². The Morgan fingerprint density at radius 3 is 2.50 bits per heavy atom. The number of carboxylic acid groups (broad SMARTS) is 1. The molecule has 0 radical (unpaired) electrons. The summed E-state index contributed by atoms with van der Waals surface area (Å²) in [7, 11) is 0. The second kappa shape index (κ2) is 6.44. The van der Waals surface area contributed by atoms with E-state index in [-0.39, 0.29) is 18.1 Å². The van der Waals surface area contributed by atoms with E-state index in [4.69, 9.17) is 0 Å². The molecule has 3 unspecified atom stereocenters. The van der Waals surface area contributed by atoms with Crippen LogP contribution in [-0.4, -0.2) is 46.3 Å². The molecule has 2 rings (SSSR count). The molecule has 2 N–H and O–H groups in total. The molecule has 2 fully saturated rings. The summed E-state index contributed by atoms with van der Waals surface area (Å²) in [5.41, 5.74) is -0.672. The second-order valence-electron chi connectivity index (χ2n) is 7.13. The minimum atomic E-state index is -0.703. The highest BCUT2D eigenvalue weighted by Gasteiger charge is 2.41. The highest BCUT2D eigenvalue weighted by atomic mass is 16.4. The predicted molar refractivity (Wildman–Crippen MR) is 78.6 cm³/mol. The first-order valence-corrected chi connectivity index (χ1v) is 8.08. The summed E-state index contributed by atoms with van der Waals surface area (Å²) >= 11 is 0. The van der Waals surface area contributed by atoms with Gasteiger partial charge in [0.1, 0.15) is 0 Å². The number of aliphatic hydroxyl groups is 1. The van der Waals surface area contributed by atoms with Gasteiger partial charge in [-0.2, -0.15) is 0 Å². The van der Waals surface area contributed by atoms with Crippen LogP contribution < -0.4 is 0 Å². The van der Waals surface area contributed by atoms with Gasteiger partial charge in [-0.25, -0.2) is 0 Å². The quantitative estimate of drug-likeness (QED) is 0.781. The van der Waals surface area contributed by atoms with Crippen molar-refractivity contribution in [2.75, 3.05) is 13.1 Å². The van der Waals surface area contributed by atoms with Gasteiger partial charge in [0.15, 0.2) is 0 Å². The van der Waals surface area contributed by atoms with Gasteiger partial charge in [0, 0.05) is 12.6 Å². The first kappa shape index (κ1) is 15.8. The molecular weight excluding hydrogens is 254 g/mol. The number of piperidine rings is 1. The van der Waals surface area contributed by atoms with E-state index in [0.29, 0.717) is 0 Å². The Morgan fingerprint density at radius 2 is 1.80 bits per heavy atom. The third-order valence-electron chi connectivity index (χ3n) is 5.44. The Morgan fingerprint density at radius 1 is 1.10 bits per heavy atom. The molecule has 1 aliphatic carbocycles. The normalized spacial score (nSPS) is 33.6. The fourth-order valence-corrected chi connectivity index (χ4v) is 3.77. The van der Waals surface area contributed by atoms with Crippen molar-refractivity contribution in [2.24, 2.45) is 11.3 Å². The molecule has 1 heterocycles. The van der Waals surface area contributed by atoms with E-state index < -0.39 is 11.4 Å². The van der Waals surface area contributed by atoms with Gasteiger partial charge in [-0.15, -0.1) is 0 Å². The standard InChI is InChI=1S/C16H29NO3/c1-16(2,15(19)20)12-7-6-10-17(11-12)13-8-4-3-5-9-14(13)18/h12-14,18H,3-11H2,1-2H3,(H,19,20). The molecule has 2 aliphatic rings. The minimum absolute atomic E-state index is 0.184. The number of nitrogens with zero attached hydrogens (tertiary/aromatic N) is 1. The van der Waals surface area contributed by atoms with Gasteiger partial charge < -0.3 is 10.2 Å². The molecule has 0 aromatic heterocycles. The van der Waals surface area contributed by atoms with E-state index in [2.05, 4.69) is 4.90 Å². The van der Waals surface area contributed by atoms with Crippen molar-refractivity contribution in [1.82, 2.24) is 4.90 Å². The molecule has 1 saturated carbocycles. The maximum atomic E-state index is 11.5. The van der Waals surface area contributed by atoms with Gasteiger partial charge in [-0.3, -0.25) is 9.69 Å². The molecule has 0 spiro atoms. The van der Waals surface area contributed by atoms with Crippen LogP contribution in [-0.2, 0) is 4.79 Å². The summed E-state index contributed by atoms with van der Waals surface area (Å²) < 4.78 is 0. The van der Waals surface area contributed by atoms with Crippen LogP contribution in [0.5, 0.6) is 0 Å². The van der Waals surface area contributed by atoms with Crippen molar-refractivity contribution in [1.29, 1.82) is 0 Å². The Hall–Kier alpha value is -0.610. The lowest BCUT2D eigenvalue weighted by molar-refractivity contribution is -0.152. The second-order valence-corrected chi connectivity index (χ2v) is 7.13. The topological polar surface area (TPSA) is 60.8 Å². The monoisotopic (exact) mass is 283 g/mol. The van der Waals surface area contributed by atoms with Crippen molar-refractivity contribution >= 4 is 5.97 Å². The van der Waals surface area contributed by atoms with E-state index in [0.717, 1.165) is 45.2 Å². The number of carbonyl (C=O) groups is 1. The van der Waals surface area contributed by atoms with E-state index in [1.54, 1.807) is 0 Å². The average molecular weight is 283 g/mol. The Bertz CT molecular complexity index is 343. The van der Waals surface area contributed by atoms with E-state index in [1.807, 2.05) is 13.8 Å². The lowest BCUT2D eigenvalue weighted by Gasteiger charge is -2.43. The summed E-state index contributed by atoms with van der Waals surface area (Å²) in [6, 6.07) is 0.241. The molecule has 0 aromatic rings. The predicted octanol–water partition coefficient (Wildman–Crippen LogP) is 2.50. The van der Waals surface area contributed by atoms with Crippen LogP contribution in [0.3, 0.4) is 0 Å². The van der Waals surface area contributed by atoms with Crippen molar-refractivity contribution < 1.29 is 15.0 Å². The van der Waals surface area contributed by atoms with Crippen molar-refractivity contribution in [3.05, 3.63) is 0 Å². The van der Waals surface area contributed by atoms with Gasteiger partial charge in [-0.1, -0.05) is 19.3 Å². The molecule has 20 heavy (non-hydrogen) atoms. The number of likely N-dealkylation sites (tertiary alicyclic amines) is 1. The third kappa shape index (κ3) is 3.34. The minimum Gasteiger partial charge on any atom is -0.481 e. The lowest BCUT2D eigenvalue weighted by Crippen LogP contribution is -2.51. The highest BCUT2D eigenvalue weighted by Crippen LogP contribution is 2.36.